The van der Waals surface area contributed by atoms with E-state index in [0.29, 0.717) is 24.2 Å². The molecule has 17 heavy (non-hydrogen) atoms. The third kappa shape index (κ3) is 2.57. The van der Waals surface area contributed by atoms with Crippen LogP contribution in [-0.4, -0.2) is 36.1 Å². The lowest BCUT2D eigenvalue weighted by atomic mass is 10.1. The number of carbonyl (C=O) groups is 1. The van der Waals surface area contributed by atoms with E-state index in [2.05, 4.69) is 15.3 Å². The predicted octanol–water partition coefficient (Wildman–Crippen LogP) is 1.01. The summed E-state index contributed by atoms with van der Waals surface area (Å²) in [5.74, 6) is -0.147. The van der Waals surface area contributed by atoms with Crippen molar-refractivity contribution in [3.8, 4) is 0 Å². The van der Waals surface area contributed by atoms with Crippen molar-refractivity contribution in [3.63, 3.8) is 0 Å². The first-order valence-electron chi connectivity index (χ1n) is 5.29. The molecule has 88 valence electrons. The molecule has 0 radical (unpaired) electrons. The van der Waals surface area contributed by atoms with E-state index in [1.54, 1.807) is 19.4 Å². The Morgan fingerprint density at radius 3 is 3.18 bits per heavy atom. The lowest BCUT2D eigenvalue weighted by molar-refractivity contribution is 0.0938. The van der Waals surface area contributed by atoms with Gasteiger partial charge in [0.2, 0.25) is 0 Å². The summed E-state index contributed by atoms with van der Waals surface area (Å²) in [7, 11) is 1.59. The number of nitrogens with zero attached hydrogens (tertiary/aromatic N) is 2. The fourth-order valence-electron chi connectivity index (χ4n) is 1.56. The Hall–Kier alpha value is -2.01. The van der Waals surface area contributed by atoms with Crippen molar-refractivity contribution in [2.24, 2.45) is 0 Å². The Balaban J connectivity index is 2.26. The molecule has 5 nitrogen and oxygen atoms in total. The highest BCUT2D eigenvalue weighted by molar-refractivity contribution is 6.05. The molecule has 1 heterocycles. The fraction of sp³-hybridized carbons (Fsp3) is 0.250. The fourth-order valence-corrected chi connectivity index (χ4v) is 1.56. The van der Waals surface area contributed by atoms with Gasteiger partial charge in [0, 0.05) is 25.2 Å². The minimum absolute atomic E-state index is 0.147. The summed E-state index contributed by atoms with van der Waals surface area (Å²) in [6.07, 6.45) is 3.13. The summed E-state index contributed by atoms with van der Waals surface area (Å²) < 4.78 is 4.88. The number of benzene rings is 1. The SMILES string of the molecule is COCCNC(=O)c1cccc2cncnc12. The van der Waals surface area contributed by atoms with E-state index in [1.165, 1.54) is 6.33 Å². The molecule has 0 aliphatic heterocycles. The van der Waals surface area contributed by atoms with Crippen LogP contribution < -0.4 is 5.32 Å². The van der Waals surface area contributed by atoms with Crippen LogP contribution in [0.5, 0.6) is 0 Å². The number of para-hydroxylation sites is 1. The molecule has 0 aliphatic rings. The number of hydrogen-bond donors (Lipinski definition) is 1. The molecule has 0 bridgehead atoms. The molecule has 0 unspecified atom stereocenters. The number of methoxy groups -OCH3 is 1. The van der Waals surface area contributed by atoms with Gasteiger partial charge < -0.3 is 10.1 Å². The van der Waals surface area contributed by atoms with Crippen molar-refractivity contribution < 1.29 is 9.53 Å². The minimum Gasteiger partial charge on any atom is -0.383 e. The lowest BCUT2D eigenvalue weighted by Gasteiger charge is -2.06. The van der Waals surface area contributed by atoms with Crippen LogP contribution in [0.25, 0.3) is 10.9 Å². The molecule has 0 atom stereocenters. The molecule has 0 saturated heterocycles. The number of hydrogen-bond acceptors (Lipinski definition) is 4. The normalized spacial score (nSPS) is 10.4. The summed E-state index contributed by atoms with van der Waals surface area (Å²) in [6.45, 7) is 0.974. The van der Waals surface area contributed by atoms with Gasteiger partial charge in [0.15, 0.2) is 0 Å². The summed E-state index contributed by atoms with van der Waals surface area (Å²) in [6, 6.07) is 5.44. The summed E-state index contributed by atoms with van der Waals surface area (Å²) in [5, 5.41) is 3.62. The van der Waals surface area contributed by atoms with Crippen molar-refractivity contribution in [1.29, 1.82) is 0 Å². The van der Waals surface area contributed by atoms with Gasteiger partial charge in [0.05, 0.1) is 17.7 Å². The average Bonchev–Trinajstić information content (AvgIpc) is 2.38. The Labute approximate surface area is 98.8 Å². The number of aromatic nitrogens is 2. The van der Waals surface area contributed by atoms with E-state index in [9.17, 15) is 4.79 Å². The first-order valence-corrected chi connectivity index (χ1v) is 5.29. The maximum atomic E-state index is 11.9. The van der Waals surface area contributed by atoms with Crippen LogP contribution in [0.4, 0.5) is 0 Å². The van der Waals surface area contributed by atoms with Gasteiger partial charge in [-0.25, -0.2) is 9.97 Å². The van der Waals surface area contributed by atoms with Crippen LogP contribution in [0.1, 0.15) is 10.4 Å². The van der Waals surface area contributed by atoms with E-state index >= 15 is 0 Å². The maximum Gasteiger partial charge on any atom is 0.253 e. The van der Waals surface area contributed by atoms with Crippen LogP contribution in [0.15, 0.2) is 30.7 Å². The summed E-state index contributed by atoms with van der Waals surface area (Å²) in [4.78, 5) is 20.0. The van der Waals surface area contributed by atoms with Crippen molar-refractivity contribution in [1.82, 2.24) is 15.3 Å². The monoisotopic (exact) mass is 231 g/mol. The predicted molar refractivity (Wildman–Crippen MR) is 63.7 cm³/mol. The first-order chi connectivity index (χ1) is 8.33. The number of nitrogens with one attached hydrogen (secondary N) is 1. The third-order valence-electron chi connectivity index (χ3n) is 2.37. The zero-order valence-electron chi connectivity index (χ0n) is 9.51. The Bertz CT molecular complexity index is 523. The van der Waals surface area contributed by atoms with Gasteiger partial charge in [-0.1, -0.05) is 12.1 Å². The number of ether oxygens (including phenoxy) is 1. The molecule has 1 aromatic heterocycles. The van der Waals surface area contributed by atoms with Gasteiger partial charge in [-0.3, -0.25) is 4.79 Å². The van der Waals surface area contributed by atoms with Crippen molar-refractivity contribution in [2.45, 2.75) is 0 Å². The van der Waals surface area contributed by atoms with E-state index in [0.717, 1.165) is 5.39 Å². The Kier molecular flexibility index (Phi) is 3.62. The maximum absolute atomic E-state index is 11.9. The van der Waals surface area contributed by atoms with E-state index in [-0.39, 0.29) is 5.91 Å². The molecule has 5 heteroatoms. The summed E-state index contributed by atoms with van der Waals surface area (Å²) in [5.41, 5.74) is 1.22. The zero-order valence-corrected chi connectivity index (χ0v) is 9.51. The second-order valence-electron chi connectivity index (χ2n) is 3.51. The van der Waals surface area contributed by atoms with E-state index < -0.39 is 0 Å². The number of rotatable bonds is 4. The molecule has 2 aromatic rings. The molecule has 1 N–H and O–H groups in total. The first kappa shape index (κ1) is 11.5. The molecule has 1 aromatic carbocycles. The standard InChI is InChI=1S/C12H13N3O2/c1-17-6-5-14-12(16)10-4-2-3-9-7-13-8-15-11(9)10/h2-4,7-8H,5-6H2,1H3,(H,14,16). The van der Waals surface area contributed by atoms with Gasteiger partial charge in [-0.05, 0) is 6.07 Å². The highest BCUT2D eigenvalue weighted by Crippen LogP contribution is 2.14. The van der Waals surface area contributed by atoms with Gasteiger partial charge in [0.25, 0.3) is 5.91 Å². The van der Waals surface area contributed by atoms with Gasteiger partial charge in [0.1, 0.15) is 6.33 Å². The van der Waals surface area contributed by atoms with Crippen LogP contribution in [0.2, 0.25) is 0 Å². The average molecular weight is 231 g/mol. The third-order valence-corrected chi connectivity index (χ3v) is 2.37. The largest absolute Gasteiger partial charge is 0.383 e. The van der Waals surface area contributed by atoms with Crippen molar-refractivity contribution in [3.05, 3.63) is 36.3 Å². The quantitative estimate of drug-likeness (QED) is 0.797. The molecular formula is C12H13N3O2. The van der Waals surface area contributed by atoms with E-state index in [1.807, 2.05) is 12.1 Å². The van der Waals surface area contributed by atoms with Crippen LogP contribution >= 0.6 is 0 Å². The number of amides is 1. The minimum atomic E-state index is -0.147. The van der Waals surface area contributed by atoms with Crippen LogP contribution in [0.3, 0.4) is 0 Å². The van der Waals surface area contributed by atoms with Gasteiger partial charge in [-0.2, -0.15) is 0 Å². The van der Waals surface area contributed by atoms with Crippen LogP contribution in [0, 0.1) is 0 Å². The van der Waals surface area contributed by atoms with E-state index in [4.69, 9.17) is 4.74 Å². The highest BCUT2D eigenvalue weighted by atomic mass is 16.5. The number of carbonyl (C=O) groups excluding carboxylic acids is 1. The molecule has 0 saturated carbocycles. The number of fused-ring (bicyclic) bond motifs is 1. The van der Waals surface area contributed by atoms with Crippen molar-refractivity contribution >= 4 is 16.8 Å². The molecule has 0 spiro atoms. The Morgan fingerprint density at radius 2 is 2.35 bits per heavy atom. The lowest BCUT2D eigenvalue weighted by Crippen LogP contribution is -2.27. The second kappa shape index (κ2) is 5.36. The molecule has 0 fully saturated rings. The van der Waals surface area contributed by atoms with Gasteiger partial charge in [-0.15, -0.1) is 0 Å². The molecule has 1 amide bonds. The second-order valence-corrected chi connectivity index (χ2v) is 3.51. The van der Waals surface area contributed by atoms with Gasteiger partial charge >= 0.3 is 0 Å². The smallest absolute Gasteiger partial charge is 0.253 e. The molecule has 2 rings (SSSR count). The molecular weight excluding hydrogens is 218 g/mol. The Morgan fingerprint density at radius 1 is 1.47 bits per heavy atom. The summed E-state index contributed by atoms with van der Waals surface area (Å²) >= 11 is 0. The highest BCUT2D eigenvalue weighted by Gasteiger charge is 2.09. The molecule has 0 aliphatic carbocycles. The van der Waals surface area contributed by atoms with Crippen molar-refractivity contribution in [2.75, 3.05) is 20.3 Å². The zero-order chi connectivity index (χ0) is 12.1. The van der Waals surface area contributed by atoms with Crippen LogP contribution in [-0.2, 0) is 4.74 Å². The topological polar surface area (TPSA) is 64.1 Å².